The molecule has 3 saturated heterocycles. The molecule has 3 aliphatic heterocycles. The molecule has 5 rings (SSSR count). The number of hydrogen-bond donors (Lipinski definition) is 1. The Morgan fingerprint density at radius 2 is 1.71 bits per heavy atom. The zero-order valence-corrected chi connectivity index (χ0v) is 32.4. The summed E-state index contributed by atoms with van der Waals surface area (Å²) in [6.07, 6.45) is 9.77. The van der Waals surface area contributed by atoms with Crippen molar-refractivity contribution >= 4 is 69.8 Å². The molecule has 51 heavy (non-hydrogen) atoms. The van der Waals surface area contributed by atoms with E-state index < -0.39 is 0 Å². The molecular formula is C37H49Cl4N5O5. The average Bonchev–Trinajstić information content (AvgIpc) is 3.10. The molecule has 1 aromatic carbocycles. The van der Waals surface area contributed by atoms with E-state index in [0.29, 0.717) is 65.1 Å². The Hall–Kier alpha value is -2.34. The smallest absolute Gasteiger partial charge is 0.254 e. The highest BCUT2D eigenvalue weighted by Crippen LogP contribution is 2.33. The molecule has 0 aromatic heterocycles. The summed E-state index contributed by atoms with van der Waals surface area (Å²) in [6.45, 7) is 4.50. The van der Waals surface area contributed by atoms with Crippen molar-refractivity contribution < 1.29 is 24.3 Å². The number of aliphatic hydroxyl groups is 1. The van der Waals surface area contributed by atoms with Crippen molar-refractivity contribution in [3.8, 4) is 0 Å². The molecule has 0 saturated carbocycles. The SMILES string of the molecule is CO/N=C(\CN(C)C(=O)c1cc(Cl)cc(Cl)c1)C(CCN1CCC(N2CCCC(CC(=O)N3CCC(O)CC3)C2=O)CC1)C1=CCC(Cl)C(Cl)=C1. The van der Waals surface area contributed by atoms with Gasteiger partial charge >= 0.3 is 0 Å². The Balaban J connectivity index is 1.20. The van der Waals surface area contributed by atoms with E-state index in [9.17, 15) is 19.5 Å². The van der Waals surface area contributed by atoms with Crippen LogP contribution in [0.4, 0.5) is 0 Å². The number of carbonyl (C=O) groups is 3. The first-order valence-electron chi connectivity index (χ1n) is 17.9. The summed E-state index contributed by atoms with van der Waals surface area (Å²) >= 11 is 25.3. The van der Waals surface area contributed by atoms with Crippen molar-refractivity contribution in [3.05, 3.63) is 56.6 Å². The minimum absolute atomic E-state index is 0.0260. The van der Waals surface area contributed by atoms with Crippen molar-refractivity contribution in [2.45, 2.75) is 75.3 Å². The Labute approximate surface area is 321 Å². The summed E-state index contributed by atoms with van der Waals surface area (Å²) < 4.78 is 0. The highest BCUT2D eigenvalue weighted by atomic mass is 35.5. The topological polar surface area (TPSA) is 106 Å². The lowest BCUT2D eigenvalue weighted by Gasteiger charge is -2.42. The van der Waals surface area contributed by atoms with Crippen LogP contribution in [-0.4, -0.2) is 126 Å². The third-order valence-corrected chi connectivity index (χ3v) is 11.9. The van der Waals surface area contributed by atoms with E-state index >= 15 is 0 Å². The molecule has 1 N–H and O–H groups in total. The molecule has 14 heteroatoms. The zero-order valence-electron chi connectivity index (χ0n) is 29.4. The highest BCUT2D eigenvalue weighted by molar-refractivity contribution is 6.37. The number of carbonyl (C=O) groups excluding carboxylic acids is 3. The number of rotatable bonds is 12. The normalized spacial score (nSPS) is 23.5. The van der Waals surface area contributed by atoms with Crippen LogP contribution in [0.2, 0.25) is 10.0 Å². The maximum Gasteiger partial charge on any atom is 0.254 e. The van der Waals surface area contributed by atoms with E-state index in [1.807, 2.05) is 11.0 Å². The Morgan fingerprint density at radius 3 is 2.35 bits per heavy atom. The molecule has 0 spiro atoms. The van der Waals surface area contributed by atoms with Crippen LogP contribution in [0.3, 0.4) is 0 Å². The predicted molar refractivity (Wildman–Crippen MR) is 203 cm³/mol. The number of piperidine rings is 3. The molecule has 0 radical (unpaired) electrons. The zero-order chi connectivity index (χ0) is 36.7. The Morgan fingerprint density at radius 1 is 1.02 bits per heavy atom. The van der Waals surface area contributed by atoms with Crippen molar-refractivity contribution in [3.63, 3.8) is 0 Å². The van der Waals surface area contributed by atoms with Crippen molar-refractivity contribution in [2.75, 3.05) is 60.0 Å². The molecule has 1 aliphatic carbocycles. The number of nitrogens with zero attached hydrogens (tertiary/aromatic N) is 5. The molecule has 0 bridgehead atoms. The van der Waals surface area contributed by atoms with Crippen LogP contribution < -0.4 is 0 Å². The third-order valence-electron chi connectivity index (χ3n) is 10.6. The van der Waals surface area contributed by atoms with Gasteiger partial charge in [0.2, 0.25) is 11.8 Å². The minimum atomic E-state index is -0.338. The lowest BCUT2D eigenvalue weighted by atomic mass is 9.86. The minimum Gasteiger partial charge on any atom is -0.399 e. The summed E-state index contributed by atoms with van der Waals surface area (Å²) in [5.41, 5.74) is 2.04. The maximum absolute atomic E-state index is 13.6. The molecule has 3 fully saturated rings. The fraction of sp³-hybridized carbons (Fsp3) is 0.622. The van der Waals surface area contributed by atoms with Gasteiger partial charge in [0, 0.05) is 84.7 Å². The number of likely N-dealkylation sites (tertiary alicyclic amines) is 3. The fourth-order valence-corrected chi connectivity index (χ4v) is 8.60. The maximum atomic E-state index is 13.6. The molecule has 3 atom stereocenters. The molecule has 3 unspecified atom stereocenters. The molecule has 3 heterocycles. The number of benzene rings is 1. The number of halogens is 4. The average molecular weight is 786 g/mol. The molecule has 10 nitrogen and oxygen atoms in total. The van der Waals surface area contributed by atoms with Gasteiger partial charge in [0.25, 0.3) is 5.91 Å². The predicted octanol–water partition coefficient (Wildman–Crippen LogP) is 6.21. The monoisotopic (exact) mass is 783 g/mol. The van der Waals surface area contributed by atoms with Gasteiger partial charge in [0.15, 0.2) is 0 Å². The van der Waals surface area contributed by atoms with Crippen molar-refractivity contribution in [1.29, 1.82) is 0 Å². The van der Waals surface area contributed by atoms with Gasteiger partial charge in [-0.25, -0.2) is 0 Å². The third kappa shape index (κ3) is 10.6. The highest BCUT2D eigenvalue weighted by Gasteiger charge is 2.37. The van der Waals surface area contributed by atoms with Gasteiger partial charge in [0.05, 0.1) is 23.7 Å². The lowest BCUT2D eigenvalue weighted by molar-refractivity contribution is -0.147. The Kier molecular flexibility index (Phi) is 14.5. The summed E-state index contributed by atoms with van der Waals surface area (Å²) in [6, 6.07) is 4.92. The summed E-state index contributed by atoms with van der Waals surface area (Å²) in [5, 5.41) is 15.3. The first-order valence-corrected chi connectivity index (χ1v) is 19.5. The van der Waals surface area contributed by atoms with Crippen LogP contribution in [0.1, 0.15) is 68.1 Å². The van der Waals surface area contributed by atoms with Crippen LogP contribution in [0.5, 0.6) is 0 Å². The van der Waals surface area contributed by atoms with E-state index in [4.69, 9.17) is 51.2 Å². The molecular weight excluding hydrogens is 736 g/mol. The van der Waals surface area contributed by atoms with Crippen molar-refractivity contribution in [2.24, 2.45) is 17.0 Å². The number of amides is 3. The number of allylic oxidation sites excluding steroid dienone is 4. The lowest BCUT2D eigenvalue weighted by Crippen LogP contribution is -2.52. The number of aliphatic hydroxyl groups excluding tert-OH is 1. The van der Waals surface area contributed by atoms with Gasteiger partial charge in [-0.05, 0) is 87.8 Å². The second-order valence-corrected chi connectivity index (χ2v) is 16.0. The summed E-state index contributed by atoms with van der Waals surface area (Å²) in [7, 11) is 3.20. The second-order valence-electron chi connectivity index (χ2n) is 14.1. The first kappa shape index (κ1) is 39.9. The van der Waals surface area contributed by atoms with Gasteiger partial charge < -0.3 is 29.5 Å². The van der Waals surface area contributed by atoms with Crippen LogP contribution in [0, 0.1) is 11.8 Å². The number of oxime groups is 1. The van der Waals surface area contributed by atoms with Gasteiger partial charge in [-0.1, -0.05) is 46.0 Å². The quantitative estimate of drug-likeness (QED) is 0.154. The number of alkyl halides is 1. The van der Waals surface area contributed by atoms with Crippen LogP contribution >= 0.6 is 46.4 Å². The standard InChI is InChI=1S/C37H49Cl4N5O5/c1-43(36(49)26-18-27(38)22-28(39)19-26)23-34(42-51-2)31(24-5-6-32(40)33(41)20-24)11-15-44-13-7-29(8-14-44)46-12-3-4-25(37(46)50)21-35(48)45-16-9-30(47)10-17-45/h5,18-20,22,25,29-32,47H,3-4,6-17,21,23H2,1-2H3/b42-34+. The van der Waals surface area contributed by atoms with E-state index in [-0.39, 0.29) is 60.0 Å². The van der Waals surface area contributed by atoms with E-state index in [1.165, 1.54) is 7.11 Å². The fourth-order valence-electron chi connectivity index (χ4n) is 7.71. The van der Waals surface area contributed by atoms with Gasteiger partial charge in [0.1, 0.15) is 7.11 Å². The van der Waals surface area contributed by atoms with E-state index in [1.54, 1.807) is 35.0 Å². The number of hydrogen-bond acceptors (Lipinski definition) is 7. The van der Waals surface area contributed by atoms with Crippen LogP contribution in [0.15, 0.2) is 46.1 Å². The van der Waals surface area contributed by atoms with Gasteiger partial charge in [-0.3, -0.25) is 14.4 Å². The van der Waals surface area contributed by atoms with Gasteiger partial charge in [-0.2, -0.15) is 0 Å². The van der Waals surface area contributed by atoms with Crippen LogP contribution in [-0.2, 0) is 14.4 Å². The molecule has 1 aromatic rings. The molecule has 280 valence electrons. The first-order chi connectivity index (χ1) is 24.4. The molecule has 4 aliphatic rings. The van der Waals surface area contributed by atoms with Gasteiger partial charge in [-0.15, -0.1) is 11.6 Å². The second kappa shape index (κ2) is 18.6. The van der Waals surface area contributed by atoms with E-state index in [2.05, 4.69) is 16.1 Å². The molecule has 3 amide bonds. The van der Waals surface area contributed by atoms with E-state index in [0.717, 1.165) is 57.4 Å². The summed E-state index contributed by atoms with van der Waals surface area (Å²) in [5.74, 6) is -0.578. The van der Waals surface area contributed by atoms with Crippen molar-refractivity contribution in [1.82, 2.24) is 19.6 Å². The largest absolute Gasteiger partial charge is 0.399 e. The van der Waals surface area contributed by atoms with Crippen LogP contribution in [0.25, 0.3) is 0 Å². The Bertz CT molecular complexity index is 1490. The summed E-state index contributed by atoms with van der Waals surface area (Å²) in [4.78, 5) is 53.2.